The van der Waals surface area contributed by atoms with Gasteiger partial charge in [0.2, 0.25) is 0 Å². The summed E-state index contributed by atoms with van der Waals surface area (Å²) in [7, 11) is 1.20. The van der Waals surface area contributed by atoms with Gasteiger partial charge in [-0.25, -0.2) is 8.78 Å². The van der Waals surface area contributed by atoms with Crippen LogP contribution in [0.15, 0.2) is 41.7 Å². The average Bonchev–Trinajstić information content (AvgIpc) is 2.66. The van der Waals surface area contributed by atoms with Gasteiger partial charge >= 0.3 is 0 Å². The summed E-state index contributed by atoms with van der Waals surface area (Å²) in [6.07, 6.45) is 0. The first-order chi connectivity index (χ1) is 13.7. The summed E-state index contributed by atoms with van der Waals surface area (Å²) in [5, 5.41) is 22.5. The number of benzene rings is 2. The molecule has 0 aliphatic carbocycles. The number of methoxy groups -OCH3 is 1. The number of rotatable bonds is 5. The number of hydrogen-bond donors (Lipinski definition) is 3. The Morgan fingerprint density at radius 1 is 1.21 bits per heavy atom. The van der Waals surface area contributed by atoms with Gasteiger partial charge in [0.1, 0.15) is 29.2 Å². The predicted molar refractivity (Wildman–Crippen MR) is 102 cm³/mol. The van der Waals surface area contributed by atoms with Crippen LogP contribution >= 0.6 is 11.6 Å². The van der Waals surface area contributed by atoms with Gasteiger partial charge in [-0.1, -0.05) is 17.7 Å². The molecule has 0 aliphatic rings. The van der Waals surface area contributed by atoms with Gasteiger partial charge < -0.3 is 20.5 Å². The highest BCUT2D eigenvalue weighted by atomic mass is 35.5. The molecule has 0 aliphatic heterocycles. The Morgan fingerprint density at radius 3 is 2.45 bits per heavy atom. The minimum absolute atomic E-state index is 0.0585. The normalized spacial score (nSPS) is 11.2. The van der Waals surface area contributed by atoms with Crippen LogP contribution in [0.4, 0.5) is 20.2 Å². The fraction of sp³-hybridized carbons (Fsp3) is 0.105. The van der Waals surface area contributed by atoms with E-state index in [1.54, 1.807) is 0 Å². The van der Waals surface area contributed by atoms with Crippen molar-refractivity contribution in [2.75, 3.05) is 17.7 Å². The van der Waals surface area contributed by atoms with Crippen molar-refractivity contribution in [3.63, 3.8) is 0 Å². The second kappa shape index (κ2) is 9.03. The van der Waals surface area contributed by atoms with Crippen LogP contribution in [0.25, 0.3) is 0 Å². The van der Waals surface area contributed by atoms with E-state index in [4.69, 9.17) is 21.6 Å². The lowest BCUT2D eigenvalue weighted by Gasteiger charge is -2.14. The molecule has 0 heterocycles. The number of nitrogens with zero attached hydrogens (tertiary/aromatic N) is 1. The Hall–Kier alpha value is -3.64. The minimum Gasteiger partial charge on any atom is -0.511 e. The maximum absolute atomic E-state index is 14.4. The molecule has 7 nitrogen and oxygen atoms in total. The predicted octanol–water partition coefficient (Wildman–Crippen LogP) is 4.17. The van der Waals surface area contributed by atoms with Crippen molar-refractivity contribution >= 4 is 34.8 Å². The third-order valence-electron chi connectivity index (χ3n) is 3.68. The number of anilines is 2. The van der Waals surface area contributed by atoms with Gasteiger partial charge in [-0.2, -0.15) is 5.26 Å². The fourth-order valence-electron chi connectivity index (χ4n) is 2.27. The highest BCUT2D eigenvalue weighted by Crippen LogP contribution is 2.30. The molecule has 150 valence electrons. The first-order valence-electron chi connectivity index (χ1n) is 7.93. The van der Waals surface area contributed by atoms with E-state index in [0.717, 1.165) is 25.1 Å². The first-order valence-corrected chi connectivity index (χ1v) is 8.31. The van der Waals surface area contributed by atoms with Crippen LogP contribution in [-0.2, 0) is 4.79 Å². The summed E-state index contributed by atoms with van der Waals surface area (Å²) < 4.78 is 33.4. The molecular formula is C19H14ClF2N3O4. The Morgan fingerprint density at radius 2 is 1.90 bits per heavy atom. The van der Waals surface area contributed by atoms with Crippen LogP contribution in [0, 0.1) is 23.0 Å². The van der Waals surface area contributed by atoms with E-state index in [1.807, 2.05) is 0 Å². The number of para-hydroxylation sites is 1. The molecule has 0 aromatic heterocycles. The number of allylic oxidation sites excluding steroid dienone is 1. The number of hydrogen-bond acceptors (Lipinski definition) is 5. The van der Waals surface area contributed by atoms with E-state index in [-0.39, 0.29) is 22.0 Å². The zero-order valence-electron chi connectivity index (χ0n) is 15.1. The van der Waals surface area contributed by atoms with Crippen LogP contribution in [0.5, 0.6) is 5.75 Å². The minimum atomic E-state index is -1.05. The molecule has 0 bridgehead atoms. The number of halogens is 3. The van der Waals surface area contributed by atoms with Crippen molar-refractivity contribution in [3.8, 4) is 11.8 Å². The quantitative estimate of drug-likeness (QED) is 0.381. The summed E-state index contributed by atoms with van der Waals surface area (Å²) in [6.45, 7) is 1.12. The molecule has 2 aromatic carbocycles. The van der Waals surface area contributed by atoms with Crippen molar-refractivity contribution in [2.45, 2.75) is 6.92 Å². The number of nitrogens with one attached hydrogen (secondary N) is 2. The molecular weight excluding hydrogens is 408 g/mol. The van der Waals surface area contributed by atoms with E-state index in [1.165, 1.54) is 25.3 Å². The molecule has 10 heteroatoms. The van der Waals surface area contributed by atoms with Crippen LogP contribution in [0.3, 0.4) is 0 Å². The monoisotopic (exact) mass is 421 g/mol. The summed E-state index contributed by atoms with van der Waals surface area (Å²) in [6, 6.07) is 7.06. The van der Waals surface area contributed by atoms with Gasteiger partial charge in [-0.15, -0.1) is 0 Å². The highest BCUT2D eigenvalue weighted by Gasteiger charge is 2.21. The van der Waals surface area contributed by atoms with Gasteiger partial charge in [0.05, 0.1) is 29.1 Å². The molecule has 3 N–H and O–H groups in total. The van der Waals surface area contributed by atoms with Crippen molar-refractivity contribution in [3.05, 3.63) is 63.9 Å². The molecule has 2 amide bonds. The molecule has 0 atom stereocenters. The Bertz CT molecular complexity index is 1040. The van der Waals surface area contributed by atoms with Crippen molar-refractivity contribution in [2.24, 2.45) is 0 Å². The van der Waals surface area contributed by atoms with Gasteiger partial charge in [-0.05, 0) is 25.1 Å². The fourth-order valence-corrected chi connectivity index (χ4v) is 2.48. The summed E-state index contributed by atoms with van der Waals surface area (Å²) in [4.78, 5) is 24.5. The Balaban J connectivity index is 2.38. The number of aliphatic hydroxyl groups excluding tert-OH is 1. The third-order valence-corrected chi connectivity index (χ3v) is 4.00. The Kier molecular flexibility index (Phi) is 6.75. The zero-order valence-corrected chi connectivity index (χ0v) is 15.9. The lowest BCUT2D eigenvalue weighted by Crippen LogP contribution is -2.18. The molecule has 0 spiro atoms. The van der Waals surface area contributed by atoms with Gasteiger partial charge in [0, 0.05) is 6.07 Å². The second-order valence-electron chi connectivity index (χ2n) is 5.61. The molecule has 29 heavy (non-hydrogen) atoms. The molecule has 0 fully saturated rings. The van der Waals surface area contributed by atoms with Crippen molar-refractivity contribution < 1.29 is 28.2 Å². The molecule has 0 radical (unpaired) electrons. The van der Waals surface area contributed by atoms with Crippen molar-refractivity contribution in [1.29, 1.82) is 5.26 Å². The standard InChI is InChI=1S/C19H14ClF2N3O4/c1-9(26)11(8-23)19(28)24-15-7-16(29-2)10(6-14(15)22)18(27)25-17-12(20)4-3-5-13(17)21/h3-7,26H,1-2H3,(H,24,28)(H,25,27)/b11-9-. The van der Waals surface area contributed by atoms with E-state index < -0.39 is 40.5 Å². The first kappa shape index (κ1) is 21.7. The second-order valence-corrected chi connectivity index (χ2v) is 6.02. The van der Waals surface area contributed by atoms with E-state index in [0.29, 0.717) is 0 Å². The van der Waals surface area contributed by atoms with Crippen LogP contribution in [0.2, 0.25) is 5.02 Å². The van der Waals surface area contributed by atoms with Gasteiger partial charge in [0.25, 0.3) is 11.8 Å². The van der Waals surface area contributed by atoms with E-state index >= 15 is 0 Å². The van der Waals surface area contributed by atoms with Crippen LogP contribution < -0.4 is 15.4 Å². The molecule has 2 rings (SSSR count). The summed E-state index contributed by atoms with van der Waals surface area (Å²) >= 11 is 5.86. The molecule has 0 saturated heterocycles. The number of carbonyl (C=O) groups is 2. The van der Waals surface area contributed by atoms with Crippen LogP contribution in [0.1, 0.15) is 17.3 Å². The van der Waals surface area contributed by atoms with Gasteiger partial charge in [0.15, 0.2) is 5.57 Å². The van der Waals surface area contributed by atoms with Gasteiger partial charge in [-0.3, -0.25) is 9.59 Å². The van der Waals surface area contributed by atoms with E-state index in [2.05, 4.69) is 10.6 Å². The maximum Gasteiger partial charge on any atom is 0.269 e. The molecule has 0 saturated carbocycles. The lowest BCUT2D eigenvalue weighted by molar-refractivity contribution is -0.112. The molecule has 0 unspecified atom stereocenters. The van der Waals surface area contributed by atoms with Crippen molar-refractivity contribution in [1.82, 2.24) is 0 Å². The molecule has 2 aromatic rings. The zero-order chi connectivity index (χ0) is 21.7. The number of ether oxygens (including phenoxy) is 1. The SMILES string of the molecule is COc1cc(NC(=O)/C(C#N)=C(/C)O)c(F)cc1C(=O)Nc1c(F)cccc1Cl. The summed E-state index contributed by atoms with van der Waals surface area (Å²) in [5.74, 6) is -4.47. The number of aliphatic hydroxyl groups is 1. The smallest absolute Gasteiger partial charge is 0.269 e. The maximum atomic E-state index is 14.4. The summed E-state index contributed by atoms with van der Waals surface area (Å²) in [5.41, 5.74) is -1.60. The lowest BCUT2D eigenvalue weighted by atomic mass is 10.1. The largest absolute Gasteiger partial charge is 0.511 e. The third kappa shape index (κ3) is 4.80. The highest BCUT2D eigenvalue weighted by molar-refractivity contribution is 6.34. The number of amides is 2. The van der Waals surface area contributed by atoms with Crippen LogP contribution in [-0.4, -0.2) is 24.0 Å². The topological polar surface area (TPSA) is 111 Å². The van der Waals surface area contributed by atoms with E-state index in [9.17, 15) is 23.5 Å². The average molecular weight is 422 g/mol. The Labute approximate surface area is 169 Å². The number of nitriles is 1. The number of carbonyl (C=O) groups excluding carboxylic acids is 2.